The van der Waals surface area contributed by atoms with Crippen LogP contribution in [0.4, 0.5) is 4.79 Å². The van der Waals surface area contributed by atoms with Gasteiger partial charge in [-0.25, -0.2) is 9.78 Å². The fraction of sp³-hybridized carbons (Fsp3) is 0.385. The molecule has 4 rings (SSSR count). The van der Waals surface area contributed by atoms with Crippen LogP contribution >= 0.6 is 0 Å². The molecule has 7 heteroatoms. The molecule has 1 aliphatic rings. The summed E-state index contributed by atoms with van der Waals surface area (Å²) in [5.41, 5.74) is 1.64. The van der Waals surface area contributed by atoms with Crippen LogP contribution in [-0.4, -0.2) is 59.8 Å². The van der Waals surface area contributed by atoms with E-state index in [1.54, 1.807) is 12.0 Å². The largest absolute Gasteiger partial charge is 0.497 e. The number of hydrogen-bond donors (Lipinski definition) is 0. The number of hydrogen-bond acceptors (Lipinski definition) is 6. The van der Waals surface area contributed by atoms with Crippen molar-refractivity contribution in [1.29, 1.82) is 0 Å². The highest BCUT2D eigenvalue weighted by molar-refractivity contribution is 5.79. The Morgan fingerprint density at radius 3 is 2.30 bits per heavy atom. The SMILES string of the molecule is COc1ccc(Oc2ccc3cc(CN4CCN(C(=O)OC(C)(C)C)CC4)ccc3n2)cc1. The van der Waals surface area contributed by atoms with Crippen LogP contribution in [-0.2, 0) is 11.3 Å². The van der Waals surface area contributed by atoms with Gasteiger partial charge < -0.3 is 19.1 Å². The number of fused-ring (bicyclic) bond motifs is 1. The molecule has 0 unspecified atom stereocenters. The molecule has 1 amide bonds. The number of piperazine rings is 1. The fourth-order valence-electron chi connectivity index (χ4n) is 3.75. The maximum Gasteiger partial charge on any atom is 0.410 e. The van der Waals surface area contributed by atoms with E-state index in [2.05, 4.69) is 22.0 Å². The Kier molecular flexibility index (Phi) is 6.70. The van der Waals surface area contributed by atoms with Gasteiger partial charge in [-0.2, -0.15) is 0 Å². The van der Waals surface area contributed by atoms with E-state index in [0.29, 0.717) is 24.7 Å². The molecule has 2 aromatic carbocycles. The summed E-state index contributed by atoms with van der Waals surface area (Å²) in [6.07, 6.45) is -0.230. The Morgan fingerprint density at radius 1 is 0.939 bits per heavy atom. The first-order valence-corrected chi connectivity index (χ1v) is 11.2. The number of nitrogens with zero attached hydrogens (tertiary/aromatic N) is 3. The zero-order chi connectivity index (χ0) is 23.4. The predicted molar refractivity (Wildman–Crippen MR) is 128 cm³/mol. The molecule has 7 nitrogen and oxygen atoms in total. The van der Waals surface area contributed by atoms with Crippen molar-refractivity contribution in [3.8, 4) is 17.4 Å². The Hall–Kier alpha value is -3.32. The van der Waals surface area contributed by atoms with Crippen molar-refractivity contribution < 1.29 is 19.0 Å². The molecule has 2 heterocycles. The highest BCUT2D eigenvalue weighted by Crippen LogP contribution is 2.25. The summed E-state index contributed by atoms with van der Waals surface area (Å²) in [6.45, 7) is 9.51. The van der Waals surface area contributed by atoms with Gasteiger partial charge in [-0.05, 0) is 68.8 Å². The molecular formula is C26H31N3O4. The van der Waals surface area contributed by atoms with Crippen molar-refractivity contribution in [1.82, 2.24) is 14.8 Å². The van der Waals surface area contributed by atoms with Gasteiger partial charge in [0.25, 0.3) is 0 Å². The Balaban J connectivity index is 1.35. The third kappa shape index (κ3) is 6.14. The molecule has 1 aliphatic heterocycles. The normalized spacial score (nSPS) is 14.8. The lowest BCUT2D eigenvalue weighted by Crippen LogP contribution is -2.49. The third-order valence-corrected chi connectivity index (χ3v) is 5.44. The molecule has 174 valence electrons. The lowest BCUT2D eigenvalue weighted by Gasteiger charge is -2.35. The minimum atomic E-state index is -0.465. The predicted octanol–water partition coefficient (Wildman–Crippen LogP) is 5.09. The molecular weight excluding hydrogens is 418 g/mol. The van der Waals surface area contributed by atoms with Crippen LogP contribution in [0.3, 0.4) is 0 Å². The zero-order valence-corrected chi connectivity index (χ0v) is 19.7. The van der Waals surface area contributed by atoms with Gasteiger partial charge in [0.15, 0.2) is 0 Å². The molecule has 33 heavy (non-hydrogen) atoms. The van der Waals surface area contributed by atoms with Crippen molar-refractivity contribution >= 4 is 17.0 Å². The second kappa shape index (κ2) is 9.67. The smallest absolute Gasteiger partial charge is 0.410 e. The lowest BCUT2D eigenvalue weighted by molar-refractivity contribution is 0.0139. The van der Waals surface area contributed by atoms with Gasteiger partial charge in [0.05, 0.1) is 12.6 Å². The molecule has 1 aromatic heterocycles. The molecule has 0 saturated carbocycles. The van der Waals surface area contributed by atoms with Gasteiger partial charge >= 0.3 is 6.09 Å². The number of rotatable bonds is 5. The minimum absolute atomic E-state index is 0.230. The topological polar surface area (TPSA) is 64.1 Å². The monoisotopic (exact) mass is 449 g/mol. The fourth-order valence-corrected chi connectivity index (χ4v) is 3.75. The molecule has 0 N–H and O–H groups in total. The first-order valence-electron chi connectivity index (χ1n) is 11.2. The van der Waals surface area contributed by atoms with Crippen molar-refractivity contribution in [2.24, 2.45) is 0 Å². The van der Waals surface area contributed by atoms with Crippen LogP contribution in [0.1, 0.15) is 26.3 Å². The van der Waals surface area contributed by atoms with E-state index in [1.165, 1.54) is 5.56 Å². The van der Waals surface area contributed by atoms with Gasteiger partial charge in [0.1, 0.15) is 17.1 Å². The molecule has 0 spiro atoms. The standard InChI is InChI=1S/C26H31N3O4/c1-26(2,3)33-25(30)29-15-13-28(14-16-29)18-19-5-11-23-20(17-19)6-12-24(27-23)32-22-9-7-21(31-4)8-10-22/h5-12,17H,13-16,18H2,1-4H3. The number of methoxy groups -OCH3 is 1. The number of carbonyl (C=O) groups excluding carboxylic acids is 1. The van der Waals surface area contributed by atoms with Crippen molar-refractivity contribution in [2.45, 2.75) is 32.9 Å². The van der Waals surface area contributed by atoms with E-state index in [1.807, 2.05) is 63.2 Å². The summed E-state index contributed by atoms with van der Waals surface area (Å²) in [5.74, 6) is 2.05. The molecule has 0 radical (unpaired) electrons. The summed E-state index contributed by atoms with van der Waals surface area (Å²) in [4.78, 5) is 21.0. The van der Waals surface area contributed by atoms with E-state index in [-0.39, 0.29) is 6.09 Å². The first-order chi connectivity index (χ1) is 15.8. The van der Waals surface area contributed by atoms with Gasteiger partial charge in [-0.3, -0.25) is 4.90 Å². The summed E-state index contributed by atoms with van der Waals surface area (Å²) in [5, 5.41) is 1.07. The van der Waals surface area contributed by atoms with Crippen LogP contribution in [0.5, 0.6) is 17.4 Å². The van der Waals surface area contributed by atoms with Gasteiger partial charge in [0, 0.05) is 44.2 Å². The van der Waals surface area contributed by atoms with E-state index in [9.17, 15) is 4.79 Å². The van der Waals surface area contributed by atoms with Crippen molar-refractivity contribution in [3.05, 3.63) is 60.2 Å². The van der Waals surface area contributed by atoms with E-state index in [4.69, 9.17) is 14.2 Å². The molecule has 0 aliphatic carbocycles. The number of pyridine rings is 1. The second-order valence-electron chi connectivity index (χ2n) is 9.20. The second-order valence-corrected chi connectivity index (χ2v) is 9.20. The number of aromatic nitrogens is 1. The minimum Gasteiger partial charge on any atom is -0.497 e. The van der Waals surface area contributed by atoms with E-state index in [0.717, 1.165) is 36.3 Å². The van der Waals surface area contributed by atoms with Crippen LogP contribution < -0.4 is 9.47 Å². The Morgan fingerprint density at radius 2 is 1.64 bits per heavy atom. The van der Waals surface area contributed by atoms with Gasteiger partial charge in [-0.1, -0.05) is 6.07 Å². The van der Waals surface area contributed by atoms with Crippen LogP contribution in [0, 0.1) is 0 Å². The Bertz CT molecular complexity index is 1100. The first kappa shape index (κ1) is 22.9. The summed E-state index contributed by atoms with van der Waals surface area (Å²) in [7, 11) is 1.64. The van der Waals surface area contributed by atoms with Gasteiger partial charge in [-0.15, -0.1) is 0 Å². The molecule has 3 aromatic rings. The average Bonchev–Trinajstić information content (AvgIpc) is 2.79. The van der Waals surface area contributed by atoms with Crippen molar-refractivity contribution in [2.75, 3.05) is 33.3 Å². The molecule has 0 bridgehead atoms. The summed E-state index contributed by atoms with van der Waals surface area (Å²) in [6, 6.07) is 17.6. The maximum atomic E-state index is 12.3. The highest BCUT2D eigenvalue weighted by Gasteiger charge is 2.25. The maximum absolute atomic E-state index is 12.3. The number of carbonyl (C=O) groups is 1. The van der Waals surface area contributed by atoms with Crippen LogP contribution in [0.15, 0.2) is 54.6 Å². The van der Waals surface area contributed by atoms with Crippen LogP contribution in [0.25, 0.3) is 10.9 Å². The molecule has 1 saturated heterocycles. The molecule has 0 atom stereocenters. The number of ether oxygens (including phenoxy) is 3. The average molecular weight is 450 g/mol. The Labute approximate surface area is 194 Å². The molecule has 1 fully saturated rings. The number of amides is 1. The third-order valence-electron chi connectivity index (χ3n) is 5.44. The highest BCUT2D eigenvalue weighted by atomic mass is 16.6. The summed E-state index contributed by atoms with van der Waals surface area (Å²) < 4.78 is 16.5. The quantitative estimate of drug-likeness (QED) is 0.541. The van der Waals surface area contributed by atoms with E-state index < -0.39 is 5.60 Å². The lowest BCUT2D eigenvalue weighted by atomic mass is 10.1. The summed E-state index contributed by atoms with van der Waals surface area (Å²) >= 11 is 0. The van der Waals surface area contributed by atoms with Crippen LogP contribution in [0.2, 0.25) is 0 Å². The van der Waals surface area contributed by atoms with E-state index >= 15 is 0 Å². The van der Waals surface area contributed by atoms with Gasteiger partial charge in [0.2, 0.25) is 5.88 Å². The zero-order valence-electron chi connectivity index (χ0n) is 19.7. The number of benzene rings is 2. The van der Waals surface area contributed by atoms with Crippen molar-refractivity contribution in [3.63, 3.8) is 0 Å².